The van der Waals surface area contributed by atoms with Crippen LogP contribution in [0.1, 0.15) is 20.3 Å². The third-order valence-electron chi connectivity index (χ3n) is 3.27. The van der Waals surface area contributed by atoms with E-state index in [0.717, 1.165) is 11.0 Å². The van der Waals surface area contributed by atoms with E-state index in [0.29, 0.717) is 26.1 Å². The first kappa shape index (κ1) is 15.4. The van der Waals surface area contributed by atoms with Gasteiger partial charge in [-0.2, -0.15) is 0 Å². The maximum atomic E-state index is 11.9. The van der Waals surface area contributed by atoms with Gasteiger partial charge in [0.2, 0.25) is 5.91 Å². The lowest BCUT2D eigenvalue weighted by molar-refractivity contribution is -0.121. The molecule has 1 amide bonds. The number of benzene rings is 1. The number of aromatic nitrogens is 3. The van der Waals surface area contributed by atoms with E-state index in [9.17, 15) is 4.79 Å². The van der Waals surface area contributed by atoms with Gasteiger partial charge in [-0.3, -0.25) is 4.79 Å². The molecule has 21 heavy (non-hydrogen) atoms. The van der Waals surface area contributed by atoms with Crippen molar-refractivity contribution in [1.82, 2.24) is 20.3 Å². The van der Waals surface area contributed by atoms with E-state index < -0.39 is 0 Å². The Balaban J connectivity index is 1.84. The van der Waals surface area contributed by atoms with E-state index in [-0.39, 0.29) is 11.3 Å². The monoisotopic (exact) mass is 290 g/mol. The van der Waals surface area contributed by atoms with Crippen molar-refractivity contribution in [1.29, 1.82) is 0 Å². The number of hydrogen-bond donors (Lipinski definition) is 1. The number of nitrogens with one attached hydrogen (secondary N) is 1. The number of hydrogen-bond acceptors (Lipinski definition) is 4. The molecule has 2 rings (SSSR count). The molecule has 0 saturated carbocycles. The first-order valence-corrected chi connectivity index (χ1v) is 7.06. The number of amides is 1. The molecule has 114 valence electrons. The van der Waals surface area contributed by atoms with Crippen molar-refractivity contribution in [2.24, 2.45) is 5.41 Å². The number of rotatable bonds is 7. The molecule has 0 unspecified atom stereocenters. The lowest BCUT2D eigenvalue weighted by Crippen LogP contribution is -2.36. The first-order chi connectivity index (χ1) is 10.0. The summed E-state index contributed by atoms with van der Waals surface area (Å²) in [6.45, 7) is 5.85. The van der Waals surface area contributed by atoms with Gasteiger partial charge < -0.3 is 10.1 Å². The highest BCUT2D eigenvalue weighted by Crippen LogP contribution is 2.13. The van der Waals surface area contributed by atoms with Gasteiger partial charge in [-0.25, -0.2) is 4.68 Å². The number of para-hydroxylation sites is 1. The molecule has 2 aromatic rings. The second-order valence-electron chi connectivity index (χ2n) is 5.93. The molecule has 0 fully saturated rings. The van der Waals surface area contributed by atoms with Gasteiger partial charge in [-0.05, 0) is 12.1 Å². The van der Waals surface area contributed by atoms with Crippen LogP contribution in [-0.2, 0) is 16.1 Å². The fourth-order valence-corrected chi connectivity index (χ4v) is 2.16. The molecule has 1 aromatic heterocycles. The highest BCUT2D eigenvalue weighted by molar-refractivity contribution is 5.77. The standard InChI is InChI=1S/C15H22N4O2/c1-15(2,11-21-3)10-16-14(20)8-9-19-13-7-5-4-6-12(13)17-18-19/h4-7H,8-11H2,1-3H3,(H,16,20). The van der Waals surface area contributed by atoms with Gasteiger partial charge >= 0.3 is 0 Å². The summed E-state index contributed by atoms with van der Waals surface area (Å²) in [7, 11) is 1.67. The Morgan fingerprint density at radius 2 is 2.14 bits per heavy atom. The van der Waals surface area contributed by atoms with Crippen LogP contribution in [0.5, 0.6) is 0 Å². The number of ether oxygens (including phenoxy) is 1. The Hall–Kier alpha value is -1.95. The van der Waals surface area contributed by atoms with Crippen molar-refractivity contribution >= 4 is 16.9 Å². The molecule has 1 N–H and O–H groups in total. The molecular weight excluding hydrogens is 268 g/mol. The molecule has 6 heteroatoms. The van der Waals surface area contributed by atoms with Crippen LogP contribution in [0.15, 0.2) is 24.3 Å². The zero-order valence-corrected chi connectivity index (χ0v) is 12.8. The Morgan fingerprint density at radius 3 is 2.90 bits per heavy atom. The molecule has 0 spiro atoms. The Labute approximate surface area is 124 Å². The summed E-state index contributed by atoms with van der Waals surface area (Å²) >= 11 is 0. The topological polar surface area (TPSA) is 69.0 Å². The molecule has 0 aliphatic rings. The van der Waals surface area contributed by atoms with E-state index in [4.69, 9.17) is 4.74 Å². The molecule has 0 bridgehead atoms. The number of carbonyl (C=O) groups excluding carboxylic acids is 1. The summed E-state index contributed by atoms with van der Waals surface area (Å²) in [6.07, 6.45) is 0.385. The van der Waals surface area contributed by atoms with Crippen LogP contribution < -0.4 is 5.32 Å². The Morgan fingerprint density at radius 1 is 1.38 bits per heavy atom. The number of fused-ring (bicyclic) bond motifs is 1. The first-order valence-electron chi connectivity index (χ1n) is 7.06. The van der Waals surface area contributed by atoms with Gasteiger partial charge in [-0.1, -0.05) is 31.2 Å². The molecule has 0 aliphatic carbocycles. The van der Waals surface area contributed by atoms with Gasteiger partial charge in [0.25, 0.3) is 0 Å². The minimum absolute atomic E-state index is 0.0127. The molecular formula is C15H22N4O2. The summed E-state index contributed by atoms with van der Waals surface area (Å²) in [4.78, 5) is 11.9. The molecule has 0 aliphatic heterocycles. The summed E-state index contributed by atoms with van der Waals surface area (Å²) in [5.74, 6) is 0.0127. The quantitative estimate of drug-likeness (QED) is 0.841. The molecule has 0 radical (unpaired) electrons. The Bertz CT molecular complexity index is 606. The van der Waals surface area contributed by atoms with Crippen LogP contribution in [0, 0.1) is 5.41 Å². The van der Waals surface area contributed by atoms with E-state index >= 15 is 0 Å². The third kappa shape index (κ3) is 4.26. The van der Waals surface area contributed by atoms with Crippen LogP contribution in [0.2, 0.25) is 0 Å². The zero-order valence-electron chi connectivity index (χ0n) is 12.8. The second kappa shape index (κ2) is 6.67. The lowest BCUT2D eigenvalue weighted by atomic mass is 9.95. The minimum Gasteiger partial charge on any atom is -0.384 e. The average molecular weight is 290 g/mol. The number of nitrogens with zero attached hydrogens (tertiary/aromatic N) is 3. The fraction of sp³-hybridized carbons (Fsp3) is 0.533. The molecule has 1 heterocycles. The number of methoxy groups -OCH3 is 1. The van der Waals surface area contributed by atoms with Crippen molar-refractivity contribution < 1.29 is 9.53 Å². The van der Waals surface area contributed by atoms with Gasteiger partial charge in [0.05, 0.1) is 18.7 Å². The van der Waals surface area contributed by atoms with Crippen LogP contribution in [0.25, 0.3) is 11.0 Å². The van der Waals surface area contributed by atoms with Crippen LogP contribution >= 0.6 is 0 Å². The number of carbonyl (C=O) groups is 1. The zero-order chi connectivity index (χ0) is 15.3. The second-order valence-corrected chi connectivity index (χ2v) is 5.93. The fourth-order valence-electron chi connectivity index (χ4n) is 2.16. The van der Waals surface area contributed by atoms with Crippen molar-refractivity contribution in [3.05, 3.63) is 24.3 Å². The van der Waals surface area contributed by atoms with E-state index in [2.05, 4.69) is 29.5 Å². The third-order valence-corrected chi connectivity index (χ3v) is 3.27. The molecule has 6 nitrogen and oxygen atoms in total. The summed E-state index contributed by atoms with van der Waals surface area (Å²) in [5, 5.41) is 11.1. The smallest absolute Gasteiger partial charge is 0.221 e. The van der Waals surface area contributed by atoms with E-state index in [1.54, 1.807) is 11.8 Å². The maximum Gasteiger partial charge on any atom is 0.221 e. The summed E-state index contributed by atoms with van der Waals surface area (Å²) in [5.41, 5.74) is 1.73. The minimum atomic E-state index is -0.0651. The SMILES string of the molecule is COCC(C)(C)CNC(=O)CCn1nnc2ccccc21. The van der Waals surface area contributed by atoms with Gasteiger partial charge in [0.1, 0.15) is 5.52 Å². The van der Waals surface area contributed by atoms with Crippen molar-refractivity contribution in [3.8, 4) is 0 Å². The highest BCUT2D eigenvalue weighted by Gasteiger charge is 2.18. The Kier molecular flexibility index (Phi) is 4.90. The van der Waals surface area contributed by atoms with Crippen molar-refractivity contribution in [2.45, 2.75) is 26.8 Å². The summed E-state index contributed by atoms with van der Waals surface area (Å²) < 4.78 is 6.89. The van der Waals surface area contributed by atoms with Crippen LogP contribution in [-0.4, -0.2) is 41.2 Å². The van der Waals surface area contributed by atoms with Gasteiger partial charge in [0, 0.05) is 25.5 Å². The summed E-state index contributed by atoms with van der Waals surface area (Å²) in [6, 6.07) is 7.72. The van der Waals surface area contributed by atoms with E-state index in [1.165, 1.54) is 0 Å². The maximum absolute atomic E-state index is 11.9. The van der Waals surface area contributed by atoms with Crippen LogP contribution in [0.3, 0.4) is 0 Å². The molecule has 1 aromatic carbocycles. The average Bonchev–Trinajstić information content (AvgIpc) is 2.86. The highest BCUT2D eigenvalue weighted by atomic mass is 16.5. The van der Waals surface area contributed by atoms with E-state index in [1.807, 2.05) is 24.3 Å². The van der Waals surface area contributed by atoms with Crippen molar-refractivity contribution in [2.75, 3.05) is 20.3 Å². The van der Waals surface area contributed by atoms with Gasteiger partial charge in [0.15, 0.2) is 0 Å². The van der Waals surface area contributed by atoms with Crippen LogP contribution in [0.4, 0.5) is 0 Å². The van der Waals surface area contributed by atoms with Crippen molar-refractivity contribution in [3.63, 3.8) is 0 Å². The predicted octanol–water partition coefficient (Wildman–Crippen LogP) is 1.61. The number of aryl methyl sites for hydroxylation is 1. The normalized spacial score (nSPS) is 11.8. The molecule has 0 atom stereocenters. The lowest BCUT2D eigenvalue weighted by Gasteiger charge is -2.23. The predicted molar refractivity (Wildman–Crippen MR) is 80.8 cm³/mol. The van der Waals surface area contributed by atoms with Gasteiger partial charge in [-0.15, -0.1) is 5.10 Å². The molecule has 0 saturated heterocycles. The largest absolute Gasteiger partial charge is 0.384 e.